The summed E-state index contributed by atoms with van der Waals surface area (Å²) in [6.07, 6.45) is 1.16. The first kappa shape index (κ1) is 10.2. The largest absolute Gasteiger partial charge is 0.465 e. The summed E-state index contributed by atoms with van der Waals surface area (Å²) in [5.41, 5.74) is 7.87. The summed E-state index contributed by atoms with van der Waals surface area (Å²) in [4.78, 5) is 11.3. The SMILES string of the molecule is COC(=O)c1ccc(C=N)c(N)c1C.[HH]. The Morgan fingerprint density at radius 2 is 2.29 bits per heavy atom. The van der Waals surface area contributed by atoms with Crippen LogP contribution in [-0.4, -0.2) is 19.3 Å². The molecule has 0 saturated heterocycles. The molecule has 0 bridgehead atoms. The summed E-state index contributed by atoms with van der Waals surface area (Å²) in [5, 5.41) is 7.08. The van der Waals surface area contributed by atoms with E-state index in [0.29, 0.717) is 22.4 Å². The summed E-state index contributed by atoms with van der Waals surface area (Å²) in [5.74, 6) is -0.411. The molecule has 3 N–H and O–H groups in total. The van der Waals surface area contributed by atoms with Crippen LogP contribution < -0.4 is 5.73 Å². The van der Waals surface area contributed by atoms with Crippen LogP contribution in [0.5, 0.6) is 0 Å². The summed E-state index contributed by atoms with van der Waals surface area (Å²) in [6, 6.07) is 3.24. The van der Waals surface area contributed by atoms with Crippen LogP contribution in [0.2, 0.25) is 0 Å². The maximum atomic E-state index is 11.3. The molecule has 0 radical (unpaired) electrons. The lowest BCUT2D eigenvalue weighted by Gasteiger charge is -2.08. The molecule has 1 aromatic rings. The molecular formula is C10H14N2O2. The van der Waals surface area contributed by atoms with Crippen molar-refractivity contribution in [2.75, 3.05) is 12.8 Å². The molecule has 76 valence electrons. The van der Waals surface area contributed by atoms with E-state index in [4.69, 9.17) is 11.1 Å². The zero-order chi connectivity index (χ0) is 10.7. The second kappa shape index (κ2) is 3.91. The van der Waals surface area contributed by atoms with Gasteiger partial charge < -0.3 is 15.9 Å². The molecule has 0 saturated carbocycles. The fourth-order valence-electron chi connectivity index (χ4n) is 1.21. The molecule has 0 heterocycles. The lowest BCUT2D eigenvalue weighted by Crippen LogP contribution is -2.07. The topological polar surface area (TPSA) is 76.2 Å². The van der Waals surface area contributed by atoms with Gasteiger partial charge >= 0.3 is 5.97 Å². The highest BCUT2D eigenvalue weighted by atomic mass is 16.5. The van der Waals surface area contributed by atoms with Gasteiger partial charge in [0.1, 0.15) is 0 Å². The number of nitrogens with one attached hydrogen (secondary N) is 1. The van der Waals surface area contributed by atoms with Crippen LogP contribution in [0.3, 0.4) is 0 Å². The van der Waals surface area contributed by atoms with Crippen LogP contribution in [0.25, 0.3) is 0 Å². The van der Waals surface area contributed by atoms with Gasteiger partial charge in [-0.25, -0.2) is 4.79 Å². The molecule has 14 heavy (non-hydrogen) atoms. The Kier molecular flexibility index (Phi) is 2.86. The average Bonchev–Trinajstić information content (AvgIpc) is 2.21. The average molecular weight is 194 g/mol. The van der Waals surface area contributed by atoms with Gasteiger partial charge in [-0.2, -0.15) is 0 Å². The molecule has 1 rings (SSSR count). The third kappa shape index (κ3) is 1.59. The number of nitrogen functional groups attached to an aromatic ring is 1. The number of carbonyl (C=O) groups is 1. The van der Waals surface area contributed by atoms with Crippen molar-refractivity contribution in [3.63, 3.8) is 0 Å². The molecule has 0 amide bonds. The van der Waals surface area contributed by atoms with E-state index in [1.165, 1.54) is 7.11 Å². The first-order valence-corrected chi connectivity index (χ1v) is 4.09. The van der Waals surface area contributed by atoms with Crippen molar-refractivity contribution in [1.82, 2.24) is 0 Å². The van der Waals surface area contributed by atoms with Crippen LogP contribution in [-0.2, 0) is 4.74 Å². The van der Waals surface area contributed by atoms with Crippen LogP contribution in [0, 0.1) is 12.3 Å². The number of benzene rings is 1. The molecule has 0 spiro atoms. The number of nitrogens with two attached hydrogens (primary N) is 1. The molecule has 4 heteroatoms. The highest BCUT2D eigenvalue weighted by Gasteiger charge is 2.12. The van der Waals surface area contributed by atoms with E-state index in [0.717, 1.165) is 6.21 Å². The number of esters is 1. The van der Waals surface area contributed by atoms with Crippen LogP contribution in [0.1, 0.15) is 22.9 Å². The normalized spacial score (nSPS) is 9.57. The lowest BCUT2D eigenvalue weighted by molar-refractivity contribution is 0.0600. The summed E-state index contributed by atoms with van der Waals surface area (Å²) in [7, 11) is 1.32. The number of rotatable bonds is 2. The molecule has 1 aromatic carbocycles. The molecule has 0 aliphatic heterocycles. The smallest absolute Gasteiger partial charge is 0.338 e. The van der Waals surface area contributed by atoms with Gasteiger partial charge in [-0.1, -0.05) is 6.07 Å². The van der Waals surface area contributed by atoms with E-state index in [1.54, 1.807) is 19.1 Å². The van der Waals surface area contributed by atoms with Gasteiger partial charge in [-0.05, 0) is 18.6 Å². The van der Waals surface area contributed by atoms with Crippen molar-refractivity contribution < 1.29 is 11.0 Å². The third-order valence-corrected chi connectivity index (χ3v) is 2.11. The second-order valence-corrected chi connectivity index (χ2v) is 2.88. The Hall–Kier alpha value is -1.84. The Morgan fingerprint density at radius 1 is 1.64 bits per heavy atom. The molecule has 0 aliphatic rings. The Morgan fingerprint density at radius 3 is 2.79 bits per heavy atom. The van der Waals surface area contributed by atoms with Crippen LogP contribution in [0.15, 0.2) is 12.1 Å². The van der Waals surface area contributed by atoms with E-state index in [2.05, 4.69) is 4.74 Å². The maximum Gasteiger partial charge on any atom is 0.338 e. The van der Waals surface area contributed by atoms with Gasteiger partial charge in [0.05, 0.1) is 12.7 Å². The Balaban J connectivity index is 0.00000196. The van der Waals surface area contributed by atoms with E-state index >= 15 is 0 Å². The highest BCUT2D eigenvalue weighted by molar-refractivity contribution is 5.96. The number of ether oxygens (including phenoxy) is 1. The van der Waals surface area contributed by atoms with Gasteiger partial charge in [0, 0.05) is 18.9 Å². The van der Waals surface area contributed by atoms with Crippen molar-refractivity contribution >= 4 is 17.9 Å². The van der Waals surface area contributed by atoms with E-state index in [9.17, 15) is 4.79 Å². The maximum absolute atomic E-state index is 11.3. The standard InChI is InChI=1S/C10H12N2O2.H2/c1-6-8(10(13)14-2)4-3-7(5-11)9(6)12;/h3-5,11H,12H2,1-2H3;1H. The summed E-state index contributed by atoms with van der Waals surface area (Å²) >= 11 is 0. The van der Waals surface area contributed by atoms with E-state index in [-0.39, 0.29) is 1.43 Å². The second-order valence-electron chi connectivity index (χ2n) is 2.88. The molecule has 0 aliphatic carbocycles. The van der Waals surface area contributed by atoms with Gasteiger partial charge in [0.25, 0.3) is 0 Å². The predicted molar refractivity (Wildman–Crippen MR) is 56.9 cm³/mol. The Labute approximate surface area is 83.7 Å². The minimum absolute atomic E-state index is 0. The molecule has 4 nitrogen and oxygen atoms in total. The zero-order valence-corrected chi connectivity index (χ0v) is 8.13. The summed E-state index contributed by atoms with van der Waals surface area (Å²) < 4.78 is 4.59. The summed E-state index contributed by atoms with van der Waals surface area (Å²) in [6.45, 7) is 1.73. The number of methoxy groups -OCH3 is 1. The van der Waals surface area contributed by atoms with Crippen molar-refractivity contribution in [2.24, 2.45) is 0 Å². The van der Waals surface area contributed by atoms with Crippen molar-refractivity contribution in [3.05, 3.63) is 28.8 Å². The van der Waals surface area contributed by atoms with Crippen LogP contribution in [0.4, 0.5) is 5.69 Å². The first-order chi connectivity index (χ1) is 6.61. The number of hydrogen-bond acceptors (Lipinski definition) is 4. The zero-order valence-electron chi connectivity index (χ0n) is 8.13. The van der Waals surface area contributed by atoms with Gasteiger partial charge in [0.2, 0.25) is 0 Å². The molecular weight excluding hydrogens is 180 g/mol. The van der Waals surface area contributed by atoms with E-state index < -0.39 is 5.97 Å². The van der Waals surface area contributed by atoms with Crippen molar-refractivity contribution in [1.29, 1.82) is 5.41 Å². The van der Waals surface area contributed by atoms with Gasteiger partial charge in [-0.15, -0.1) is 0 Å². The van der Waals surface area contributed by atoms with Gasteiger partial charge in [-0.3, -0.25) is 0 Å². The molecule has 0 unspecified atom stereocenters. The molecule has 0 fully saturated rings. The van der Waals surface area contributed by atoms with Crippen molar-refractivity contribution in [3.8, 4) is 0 Å². The number of anilines is 1. The highest BCUT2D eigenvalue weighted by Crippen LogP contribution is 2.20. The first-order valence-electron chi connectivity index (χ1n) is 4.09. The monoisotopic (exact) mass is 194 g/mol. The van der Waals surface area contributed by atoms with Crippen molar-refractivity contribution in [2.45, 2.75) is 6.92 Å². The number of carbonyl (C=O) groups excluding carboxylic acids is 1. The minimum atomic E-state index is -0.411. The fourth-order valence-corrected chi connectivity index (χ4v) is 1.21. The molecule has 0 atom stereocenters. The fraction of sp³-hybridized carbons (Fsp3) is 0.200. The molecule has 0 aromatic heterocycles. The Bertz CT molecular complexity index is 391. The van der Waals surface area contributed by atoms with E-state index in [1.807, 2.05) is 0 Å². The quantitative estimate of drug-likeness (QED) is 0.426. The number of hydrogen-bond donors (Lipinski definition) is 2. The third-order valence-electron chi connectivity index (χ3n) is 2.11. The lowest BCUT2D eigenvalue weighted by atomic mass is 10.0. The van der Waals surface area contributed by atoms with Crippen LogP contribution >= 0.6 is 0 Å². The minimum Gasteiger partial charge on any atom is -0.465 e. The predicted octanol–water partition coefficient (Wildman–Crippen LogP) is 1.61. The van der Waals surface area contributed by atoms with Gasteiger partial charge in [0.15, 0.2) is 0 Å².